The third-order valence-corrected chi connectivity index (χ3v) is 3.85. The lowest BCUT2D eigenvalue weighted by atomic mass is 9.87. The maximum atomic E-state index is 8.92. The van der Waals surface area contributed by atoms with E-state index in [0.29, 0.717) is 5.56 Å². The van der Waals surface area contributed by atoms with Crippen LogP contribution in [0.4, 0.5) is 0 Å². The zero-order valence-electron chi connectivity index (χ0n) is 11.4. The van der Waals surface area contributed by atoms with Crippen LogP contribution in [0.15, 0.2) is 42.2 Å². The van der Waals surface area contributed by atoms with Crippen molar-refractivity contribution in [3.63, 3.8) is 0 Å². The number of nitrogens with zero attached hydrogens (tertiary/aromatic N) is 2. The van der Waals surface area contributed by atoms with E-state index < -0.39 is 0 Å². The molecule has 1 aliphatic carbocycles. The Hall–Kier alpha value is -2.34. The zero-order chi connectivity index (χ0) is 13.8. The predicted octanol–water partition coefficient (Wildman–Crippen LogP) is 4.05. The van der Waals surface area contributed by atoms with E-state index in [1.165, 1.54) is 30.4 Å². The first-order valence-corrected chi connectivity index (χ1v) is 7.11. The molecule has 1 heterocycles. The topological polar surface area (TPSA) is 52.5 Å². The molecule has 3 rings (SSSR count). The van der Waals surface area contributed by atoms with E-state index in [2.05, 4.69) is 16.0 Å². The average molecular weight is 263 g/mol. The maximum Gasteiger partial charge on any atom is 0.137 e. The summed E-state index contributed by atoms with van der Waals surface area (Å²) in [6.45, 7) is 0. The van der Waals surface area contributed by atoms with Crippen LogP contribution in [0.25, 0.3) is 5.57 Å². The van der Waals surface area contributed by atoms with Crippen molar-refractivity contribution < 1.29 is 0 Å². The molecule has 1 saturated carbocycles. The van der Waals surface area contributed by atoms with Crippen molar-refractivity contribution in [3.05, 3.63) is 59.2 Å². The minimum Gasteiger partial charge on any atom is -0.345 e. The summed E-state index contributed by atoms with van der Waals surface area (Å²) in [5.41, 5.74) is 4.55. The van der Waals surface area contributed by atoms with Gasteiger partial charge in [0.1, 0.15) is 5.82 Å². The van der Waals surface area contributed by atoms with Gasteiger partial charge < -0.3 is 4.98 Å². The second-order valence-electron chi connectivity index (χ2n) is 5.17. The van der Waals surface area contributed by atoms with Crippen molar-refractivity contribution in [3.8, 4) is 6.07 Å². The van der Waals surface area contributed by atoms with Crippen LogP contribution < -0.4 is 0 Å². The molecule has 100 valence electrons. The average Bonchev–Trinajstić information content (AvgIpc) is 3.03. The van der Waals surface area contributed by atoms with Gasteiger partial charge in [-0.15, -0.1) is 0 Å². The third kappa shape index (κ3) is 2.50. The summed E-state index contributed by atoms with van der Waals surface area (Å²) in [6.07, 6.45) is 9.80. The highest BCUT2D eigenvalue weighted by molar-refractivity contribution is 5.79. The largest absolute Gasteiger partial charge is 0.345 e. The van der Waals surface area contributed by atoms with Gasteiger partial charge in [0.15, 0.2) is 0 Å². The molecule has 0 radical (unpaired) electrons. The number of H-pyrrole nitrogens is 1. The number of aromatic nitrogens is 2. The molecule has 3 nitrogen and oxygen atoms in total. The van der Waals surface area contributed by atoms with Gasteiger partial charge in [-0.05, 0) is 43.4 Å². The van der Waals surface area contributed by atoms with Crippen LogP contribution in [0.3, 0.4) is 0 Å². The molecule has 1 aliphatic rings. The Kier molecular flexibility index (Phi) is 3.64. The Morgan fingerprint density at radius 2 is 1.85 bits per heavy atom. The fourth-order valence-electron chi connectivity index (χ4n) is 2.85. The first kappa shape index (κ1) is 12.7. The van der Waals surface area contributed by atoms with E-state index in [1.807, 2.05) is 30.5 Å². The molecule has 20 heavy (non-hydrogen) atoms. The number of aromatic amines is 1. The molecule has 0 saturated heterocycles. The van der Waals surface area contributed by atoms with Crippen LogP contribution in [-0.4, -0.2) is 9.97 Å². The van der Waals surface area contributed by atoms with Crippen LogP contribution >= 0.6 is 0 Å². The number of rotatable bonds is 2. The van der Waals surface area contributed by atoms with Gasteiger partial charge >= 0.3 is 0 Å². The monoisotopic (exact) mass is 263 g/mol. The lowest BCUT2D eigenvalue weighted by Gasteiger charge is -2.18. The van der Waals surface area contributed by atoms with E-state index in [-0.39, 0.29) is 0 Å². The summed E-state index contributed by atoms with van der Waals surface area (Å²) in [6, 6.07) is 9.97. The van der Waals surface area contributed by atoms with Gasteiger partial charge in [-0.25, -0.2) is 4.98 Å². The number of allylic oxidation sites excluding steroid dienone is 1. The fraction of sp³-hybridized carbons (Fsp3) is 0.294. The van der Waals surface area contributed by atoms with Gasteiger partial charge in [0.05, 0.1) is 11.6 Å². The summed E-state index contributed by atoms with van der Waals surface area (Å²) >= 11 is 0. The van der Waals surface area contributed by atoms with Gasteiger partial charge in [0.25, 0.3) is 0 Å². The summed E-state index contributed by atoms with van der Waals surface area (Å²) < 4.78 is 0. The van der Waals surface area contributed by atoms with Crippen LogP contribution in [0, 0.1) is 11.3 Å². The van der Waals surface area contributed by atoms with E-state index in [1.54, 1.807) is 6.20 Å². The van der Waals surface area contributed by atoms with Crippen LogP contribution in [0.5, 0.6) is 0 Å². The molecule has 1 aromatic carbocycles. The molecule has 2 aromatic rings. The quantitative estimate of drug-likeness (QED) is 0.888. The summed E-state index contributed by atoms with van der Waals surface area (Å²) in [7, 11) is 0. The lowest BCUT2D eigenvalue weighted by Crippen LogP contribution is -2.01. The molecule has 0 bridgehead atoms. The van der Waals surface area contributed by atoms with Gasteiger partial charge in [-0.3, -0.25) is 0 Å². The van der Waals surface area contributed by atoms with E-state index in [0.717, 1.165) is 24.2 Å². The molecule has 0 atom stereocenters. The second kappa shape index (κ2) is 5.75. The fourth-order valence-corrected chi connectivity index (χ4v) is 2.85. The smallest absolute Gasteiger partial charge is 0.137 e. The molecule has 3 heteroatoms. The lowest BCUT2D eigenvalue weighted by molar-refractivity contribution is 0.600. The number of imidazole rings is 1. The molecule has 1 fully saturated rings. The van der Waals surface area contributed by atoms with Gasteiger partial charge in [0, 0.05) is 18.0 Å². The molecular weight excluding hydrogens is 246 g/mol. The van der Waals surface area contributed by atoms with Crippen molar-refractivity contribution in [1.82, 2.24) is 9.97 Å². The normalized spacial score (nSPS) is 14.8. The number of nitrogens with one attached hydrogen (secondary N) is 1. The van der Waals surface area contributed by atoms with E-state index in [9.17, 15) is 0 Å². The van der Waals surface area contributed by atoms with Crippen molar-refractivity contribution >= 4 is 5.57 Å². The minimum atomic E-state index is 0.696. The highest BCUT2D eigenvalue weighted by atomic mass is 14.9. The Morgan fingerprint density at radius 1 is 1.10 bits per heavy atom. The molecule has 0 unspecified atom stereocenters. The Balaban J connectivity index is 2.07. The maximum absolute atomic E-state index is 8.92. The van der Waals surface area contributed by atoms with Gasteiger partial charge in [-0.2, -0.15) is 5.26 Å². The van der Waals surface area contributed by atoms with Gasteiger partial charge in [0.2, 0.25) is 0 Å². The highest BCUT2D eigenvalue weighted by Gasteiger charge is 2.16. The van der Waals surface area contributed by atoms with Gasteiger partial charge in [-0.1, -0.05) is 24.1 Å². The summed E-state index contributed by atoms with van der Waals surface area (Å²) in [4.78, 5) is 7.66. The number of nitriles is 1. The van der Waals surface area contributed by atoms with Crippen LogP contribution in [0.2, 0.25) is 0 Å². The SMILES string of the molecule is N#Cc1ccc(C(=C2CCCCC2)c2ncc[nH]2)cc1. The van der Waals surface area contributed by atoms with E-state index >= 15 is 0 Å². The highest BCUT2D eigenvalue weighted by Crippen LogP contribution is 2.33. The Morgan fingerprint density at radius 3 is 2.45 bits per heavy atom. The Bertz CT molecular complexity index is 635. The summed E-state index contributed by atoms with van der Waals surface area (Å²) in [5.74, 6) is 0.937. The van der Waals surface area contributed by atoms with Crippen molar-refractivity contribution in [2.45, 2.75) is 32.1 Å². The van der Waals surface area contributed by atoms with Crippen molar-refractivity contribution in [2.24, 2.45) is 0 Å². The van der Waals surface area contributed by atoms with Crippen molar-refractivity contribution in [1.29, 1.82) is 5.26 Å². The molecule has 1 aromatic heterocycles. The Labute approximate surface area is 119 Å². The number of hydrogen-bond acceptors (Lipinski definition) is 2. The molecule has 1 N–H and O–H groups in total. The number of hydrogen-bond donors (Lipinski definition) is 1. The first-order valence-electron chi connectivity index (χ1n) is 7.11. The zero-order valence-corrected chi connectivity index (χ0v) is 11.4. The van der Waals surface area contributed by atoms with Crippen LogP contribution in [-0.2, 0) is 0 Å². The number of benzene rings is 1. The standard InChI is InChI=1S/C17H17N3/c18-12-13-6-8-15(9-7-13)16(17-19-10-11-20-17)14-4-2-1-3-5-14/h6-11H,1-5H2,(H,19,20). The first-order chi connectivity index (χ1) is 9.88. The molecule has 0 aliphatic heterocycles. The van der Waals surface area contributed by atoms with E-state index in [4.69, 9.17) is 5.26 Å². The third-order valence-electron chi connectivity index (χ3n) is 3.85. The molecular formula is C17H17N3. The minimum absolute atomic E-state index is 0.696. The molecule has 0 spiro atoms. The second-order valence-corrected chi connectivity index (χ2v) is 5.17. The molecule has 0 amide bonds. The summed E-state index contributed by atoms with van der Waals surface area (Å²) in [5, 5.41) is 8.92. The predicted molar refractivity (Wildman–Crippen MR) is 78.9 cm³/mol. The van der Waals surface area contributed by atoms with Crippen LogP contribution in [0.1, 0.15) is 49.1 Å². The van der Waals surface area contributed by atoms with Crippen molar-refractivity contribution in [2.75, 3.05) is 0 Å².